The van der Waals surface area contributed by atoms with Crippen LogP contribution in [0.1, 0.15) is 10.4 Å². The van der Waals surface area contributed by atoms with Crippen molar-refractivity contribution in [2.45, 2.75) is 12.8 Å². The number of carbonyl (C=O) groups is 1. The number of aromatic nitrogens is 1. The monoisotopic (exact) mass is 277 g/mol. The third-order valence-electron chi connectivity index (χ3n) is 2.90. The molecule has 5 heteroatoms. The molecule has 4 nitrogen and oxygen atoms in total. The van der Waals surface area contributed by atoms with Gasteiger partial charge in [-0.25, -0.2) is 0 Å². The molecule has 0 radical (unpaired) electrons. The van der Waals surface area contributed by atoms with Gasteiger partial charge in [0.25, 0.3) is 0 Å². The molecule has 1 aromatic carbocycles. The van der Waals surface area contributed by atoms with E-state index in [1.807, 2.05) is 24.3 Å². The number of carboxylic acid groups (broad SMARTS) is 1. The summed E-state index contributed by atoms with van der Waals surface area (Å²) in [5.41, 5.74) is 2.69. The first-order valence-corrected chi connectivity index (χ1v) is 6.80. The number of hydrogen-bond donors (Lipinski definition) is 1. The summed E-state index contributed by atoms with van der Waals surface area (Å²) in [7, 11) is 1.60. The topological polar surface area (TPSA) is 59.4 Å². The minimum absolute atomic E-state index is 0.437. The summed E-state index contributed by atoms with van der Waals surface area (Å²) < 4.78 is 5.15. The first-order valence-electron chi connectivity index (χ1n) is 5.92. The van der Waals surface area contributed by atoms with Gasteiger partial charge in [-0.2, -0.15) is 0 Å². The highest BCUT2D eigenvalue weighted by Crippen LogP contribution is 2.20. The van der Waals surface area contributed by atoms with Crippen LogP contribution in [0, 0.1) is 5.92 Å². The average molecular weight is 277 g/mol. The van der Waals surface area contributed by atoms with Crippen LogP contribution in [-0.2, 0) is 17.6 Å². The number of ether oxygens (including phenoxy) is 1. The summed E-state index contributed by atoms with van der Waals surface area (Å²) in [5, 5.41) is 9.31. The van der Waals surface area contributed by atoms with Crippen LogP contribution in [0.4, 0.5) is 0 Å². The van der Waals surface area contributed by atoms with E-state index in [4.69, 9.17) is 4.74 Å². The quantitative estimate of drug-likeness (QED) is 0.881. The van der Waals surface area contributed by atoms with Gasteiger partial charge in [-0.05, 0) is 30.5 Å². The van der Waals surface area contributed by atoms with Crippen LogP contribution in [0.5, 0.6) is 5.75 Å². The first kappa shape index (κ1) is 13.5. The number of methoxy groups -OCH3 is 1. The number of nitrogens with zero attached hydrogens (tertiary/aromatic N) is 1. The summed E-state index contributed by atoms with van der Waals surface area (Å²) in [6, 6.07) is 7.52. The Morgan fingerprint density at radius 2 is 2.32 bits per heavy atom. The molecule has 2 rings (SSSR count). The van der Waals surface area contributed by atoms with Gasteiger partial charge in [0.1, 0.15) is 5.75 Å². The number of thiazole rings is 1. The molecular weight excluding hydrogens is 262 g/mol. The van der Waals surface area contributed by atoms with Crippen LogP contribution < -0.4 is 4.74 Å². The number of rotatable bonds is 6. The van der Waals surface area contributed by atoms with E-state index >= 15 is 0 Å². The Hall–Kier alpha value is -1.88. The lowest BCUT2D eigenvalue weighted by Crippen LogP contribution is -2.18. The summed E-state index contributed by atoms with van der Waals surface area (Å²) in [6.07, 6.45) is 2.73. The molecule has 1 N–H and O–H groups in total. The molecule has 100 valence electrons. The van der Waals surface area contributed by atoms with Gasteiger partial charge >= 0.3 is 5.97 Å². The third-order valence-corrected chi connectivity index (χ3v) is 3.70. The van der Waals surface area contributed by atoms with Crippen molar-refractivity contribution in [2.24, 2.45) is 5.92 Å². The Bertz CT molecular complexity index is 539. The maximum atomic E-state index is 11.3. The third kappa shape index (κ3) is 3.79. The van der Waals surface area contributed by atoms with E-state index in [1.165, 1.54) is 11.3 Å². The molecule has 0 aliphatic rings. The molecule has 0 spiro atoms. The van der Waals surface area contributed by atoms with Gasteiger partial charge in [0.15, 0.2) is 0 Å². The molecule has 1 unspecified atom stereocenters. The highest BCUT2D eigenvalue weighted by Gasteiger charge is 2.19. The smallest absolute Gasteiger partial charge is 0.307 e. The van der Waals surface area contributed by atoms with Crippen LogP contribution in [0.2, 0.25) is 0 Å². The number of benzene rings is 1. The Kier molecular flexibility index (Phi) is 4.52. The largest absolute Gasteiger partial charge is 0.497 e. The standard InChI is InChI=1S/C14H15NO3S/c1-18-12-4-2-3-10(6-12)5-11(14(16)17)7-13-8-15-9-19-13/h2-4,6,8-9,11H,5,7H2,1H3,(H,16,17). The lowest BCUT2D eigenvalue weighted by Gasteiger charge is -2.11. The van der Waals surface area contributed by atoms with Crippen LogP contribution in [0.15, 0.2) is 36.0 Å². The fourth-order valence-electron chi connectivity index (χ4n) is 1.92. The van der Waals surface area contributed by atoms with Crippen molar-refractivity contribution in [3.8, 4) is 5.75 Å². The molecule has 0 bridgehead atoms. The maximum absolute atomic E-state index is 11.3. The Balaban J connectivity index is 2.09. The summed E-state index contributed by atoms with van der Waals surface area (Å²) in [6.45, 7) is 0. The molecular formula is C14H15NO3S. The van der Waals surface area contributed by atoms with Gasteiger partial charge in [0.05, 0.1) is 18.5 Å². The zero-order valence-electron chi connectivity index (χ0n) is 10.6. The van der Waals surface area contributed by atoms with Gasteiger partial charge in [-0.3, -0.25) is 9.78 Å². The molecule has 19 heavy (non-hydrogen) atoms. The zero-order valence-corrected chi connectivity index (χ0v) is 11.4. The van der Waals surface area contributed by atoms with Crippen molar-refractivity contribution in [3.63, 3.8) is 0 Å². The SMILES string of the molecule is COc1cccc(CC(Cc2cncs2)C(=O)O)c1. The Labute approximate surface area is 115 Å². The van der Waals surface area contributed by atoms with E-state index in [0.29, 0.717) is 12.8 Å². The van der Waals surface area contributed by atoms with Crippen LogP contribution in [0.3, 0.4) is 0 Å². The van der Waals surface area contributed by atoms with E-state index in [1.54, 1.807) is 18.8 Å². The van der Waals surface area contributed by atoms with E-state index in [9.17, 15) is 9.90 Å². The molecule has 0 aliphatic heterocycles. The summed E-state index contributed by atoms with van der Waals surface area (Å²) >= 11 is 1.49. The molecule has 1 heterocycles. The van der Waals surface area contributed by atoms with Crippen LogP contribution in [-0.4, -0.2) is 23.2 Å². The predicted octanol–water partition coefficient (Wildman–Crippen LogP) is 2.64. The van der Waals surface area contributed by atoms with E-state index in [-0.39, 0.29) is 0 Å². The lowest BCUT2D eigenvalue weighted by molar-refractivity contribution is -0.141. The van der Waals surface area contributed by atoms with E-state index in [0.717, 1.165) is 16.2 Å². The molecule has 0 fully saturated rings. The second-order valence-electron chi connectivity index (χ2n) is 4.26. The van der Waals surface area contributed by atoms with Crippen molar-refractivity contribution in [2.75, 3.05) is 7.11 Å². The number of aliphatic carboxylic acids is 1. The molecule has 1 aromatic heterocycles. The molecule has 0 aliphatic carbocycles. The van der Waals surface area contributed by atoms with Gasteiger partial charge in [-0.15, -0.1) is 11.3 Å². The van der Waals surface area contributed by atoms with Gasteiger partial charge in [-0.1, -0.05) is 12.1 Å². The molecule has 1 atom stereocenters. The average Bonchev–Trinajstić information content (AvgIpc) is 2.91. The Morgan fingerprint density at radius 3 is 2.95 bits per heavy atom. The first-order chi connectivity index (χ1) is 9.19. The van der Waals surface area contributed by atoms with Crippen molar-refractivity contribution < 1.29 is 14.6 Å². The number of hydrogen-bond acceptors (Lipinski definition) is 4. The van der Waals surface area contributed by atoms with Gasteiger partial charge in [0.2, 0.25) is 0 Å². The minimum atomic E-state index is -0.781. The second kappa shape index (κ2) is 6.33. The fourth-order valence-corrected chi connectivity index (χ4v) is 2.59. The lowest BCUT2D eigenvalue weighted by atomic mass is 9.96. The van der Waals surface area contributed by atoms with Crippen molar-refractivity contribution in [1.82, 2.24) is 4.98 Å². The van der Waals surface area contributed by atoms with Gasteiger partial charge < -0.3 is 9.84 Å². The zero-order chi connectivity index (χ0) is 13.7. The second-order valence-corrected chi connectivity index (χ2v) is 5.23. The van der Waals surface area contributed by atoms with Crippen molar-refractivity contribution >= 4 is 17.3 Å². The normalized spacial score (nSPS) is 12.1. The van der Waals surface area contributed by atoms with Crippen molar-refractivity contribution in [1.29, 1.82) is 0 Å². The van der Waals surface area contributed by atoms with Crippen molar-refractivity contribution in [3.05, 3.63) is 46.4 Å². The van der Waals surface area contributed by atoms with E-state index < -0.39 is 11.9 Å². The number of carboxylic acids is 1. The minimum Gasteiger partial charge on any atom is -0.497 e. The predicted molar refractivity (Wildman–Crippen MR) is 73.6 cm³/mol. The molecule has 2 aromatic rings. The highest BCUT2D eigenvalue weighted by molar-refractivity contribution is 7.09. The van der Waals surface area contributed by atoms with Gasteiger partial charge in [0, 0.05) is 11.1 Å². The van der Waals surface area contributed by atoms with Crippen LogP contribution in [0.25, 0.3) is 0 Å². The van der Waals surface area contributed by atoms with Crippen LogP contribution >= 0.6 is 11.3 Å². The highest BCUT2D eigenvalue weighted by atomic mass is 32.1. The molecule has 0 amide bonds. The molecule has 0 saturated carbocycles. The Morgan fingerprint density at radius 1 is 1.47 bits per heavy atom. The molecule has 0 saturated heterocycles. The summed E-state index contributed by atoms with van der Waals surface area (Å²) in [4.78, 5) is 16.3. The van der Waals surface area contributed by atoms with E-state index in [2.05, 4.69) is 4.98 Å². The fraction of sp³-hybridized carbons (Fsp3) is 0.286. The maximum Gasteiger partial charge on any atom is 0.307 e. The summed E-state index contributed by atoms with van der Waals surface area (Å²) in [5.74, 6) is -0.469.